The molecular formula is C7H12BrNS. The van der Waals surface area contributed by atoms with E-state index in [0.29, 0.717) is 10.9 Å². The van der Waals surface area contributed by atoms with E-state index in [4.69, 9.17) is 18.0 Å². The van der Waals surface area contributed by atoms with Crippen LogP contribution < -0.4 is 5.73 Å². The molecule has 0 aliphatic rings. The first-order valence-corrected chi connectivity index (χ1v) is 4.34. The van der Waals surface area contributed by atoms with Crippen molar-refractivity contribution in [1.29, 1.82) is 0 Å². The Kier molecular flexibility index (Phi) is 4.91. The Hall–Kier alpha value is 0.110. The molecule has 0 heterocycles. The SMILES string of the molecule is C/C(Br)=C\[C@H](C)CC(N)=S. The summed E-state index contributed by atoms with van der Waals surface area (Å²) in [4.78, 5) is 0.581. The van der Waals surface area contributed by atoms with Crippen molar-refractivity contribution < 1.29 is 0 Å². The second kappa shape index (κ2) is 4.85. The molecule has 0 spiro atoms. The quantitative estimate of drug-likeness (QED) is 0.743. The highest BCUT2D eigenvalue weighted by atomic mass is 79.9. The van der Waals surface area contributed by atoms with Crippen LogP contribution in [0.2, 0.25) is 0 Å². The summed E-state index contributed by atoms with van der Waals surface area (Å²) in [5.74, 6) is 0.442. The molecule has 0 aromatic carbocycles. The van der Waals surface area contributed by atoms with Crippen LogP contribution in [0, 0.1) is 5.92 Å². The third kappa shape index (κ3) is 6.23. The summed E-state index contributed by atoms with van der Waals surface area (Å²) in [6, 6.07) is 0. The Bertz CT molecular complexity index is 150. The van der Waals surface area contributed by atoms with Gasteiger partial charge in [-0.25, -0.2) is 0 Å². The Morgan fingerprint density at radius 2 is 2.30 bits per heavy atom. The molecule has 0 radical (unpaired) electrons. The minimum Gasteiger partial charge on any atom is -0.393 e. The van der Waals surface area contributed by atoms with Crippen molar-refractivity contribution in [3.63, 3.8) is 0 Å². The van der Waals surface area contributed by atoms with Gasteiger partial charge in [-0.05, 0) is 17.3 Å². The van der Waals surface area contributed by atoms with Gasteiger partial charge in [0.2, 0.25) is 0 Å². The van der Waals surface area contributed by atoms with Crippen molar-refractivity contribution in [3.05, 3.63) is 10.6 Å². The zero-order valence-electron chi connectivity index (χ0n) is 6.23. The molecule has 0 saturated carbocycles. The molecule has 0 unspecified atom stereocenters. The molecule has 1 atom stereocenters. The van der Waals surface area contributed by atoms with Crippen LogP contribution in [0.4, 0.5) is 0 Å². The standard InChI is InChI=1S/C7H12BrNS/c1-5(3-6(2)8)4-7(9)10/h3,5H,4H2,1-2H3,(H2,9,10)/b6-3+/t5-/m0/s1. The van der Waals surface area contributed by atoms with Gasteiger partial charge in [0.1, 0.15) is 0 Å². The highest BCUT2D eigenvalue weighted by molar-refractivity contribution is 9.11. The van der Waals surface area contributed by atoms with Gasteiger partial charge in [-0.15, -0.1) is 0 Å². The topological polar surface area (TPSA) is 26.0 Å². The van der Waals surface area contributed by atoms with Crippen molar-refractivity contribution in [1.82, 2.24) is 0 Å². The monoisotopic (exact) mass is 221 g/mol. The van der Waals surface area contributed by atoms with Gasteiger partial charge in [-0.3, -0.25) is 0 Å². The average molecular weight is 222 g/mol. The van der Waals surface area contributed by atoms with Crippen LogP contribution in [-0.2, 0) is 0 Å². The molecule has 0 amide bonds. The molecule has 1 nitrogen and oxygen atoms in total. The predicted molar refractivity (Wildman–Crippen MR) is 53.3 cm³/mol. The average Bonchev–Trinajstić information content (AvgIpc) is 1.58. The molecule has 10 heavy (non-hydrogen) atoms. The lowest BCUT2D eigenvalue weighted by Crippen LogP contribution is -2.11. The maximum atomic E-state index is 5.36. The molecule has 0 bridgehead atoms. The smallest absolute Gasteiger partial charge is 0.0733 e. The van der Waals surface area contributed by atoms with Gasteiger partial charge < -0.3 is 5.73 Å². The predicted octanol–water partition coefficient (Wildman–Crippen LogP) is 2.60. The summed E-state index contributed by atoms with van der Waals surface area (Å²) in [6.07, 6.45) is 2.89. The molecular weight excluding hydrogens is 210 g/mol. The van der Waals surface area contributed by atoms with Crippen molar-refractivity contribution in [2.75, 3.05) is 0 Å². The highest BCUT2D eigenvalue weighted by Crippen LogP contribution is 2.11. The lowest BCUT2D eigenvalue weighted by Gasteiger charge is -2.03. The second-order valence-electron chi connectivity index (χ2n) is 2.40. The Labute approximate surface area is 75.8 Å². The summed E-state index contributed by atoms with van der Waals surface area (Å²) < 4.78 is 1.14. The number of hydrogen-bond acceptors (Lipinski definition) is 1. The van der Waals surface area contributed by atoms with Crippen molar-refractivity contribution in [2.24, 2.45) is 11.7 Å². The van der Waals surface area contributed by atoms with Gasteiger partial charge in [0.05, 0.1) is 4.99 Å². The first-order valence-electron chi connectivity index (χ1n) is 3.14. The molecule has 58 valence electrons. The van der Waals surface area contributed by atoms with Crippen LogP contribution in [0.25, 0.3) is 0 Å². The van der Waals surface area contributed by atoms with E-state index < -0.39 is 0 Å². The Morgan fingerprint density at radius 3 is 2.60 bits per heavy atom. The molecule has 0 saturated heterocycles. The number of allylic oxidation sites excluding steroid dienone is 2. The van der Waals surface area contributed by atoms with Crippen LogP contribution in [0.3, 0.4) is 0 Å². The maximum Gasteiger partial charge on any atom is 0.0733 e. The van der Waals surface area contributed by atoms with Crippen LogP contribution in [-0.4, -0.2) is 4.99 Å². The minimum absolute atomic E-state index is 0.442. The second-order valence-corrected chi connectivity index (χ2v) is 4.18. The first-order chi connectivity index (χ1) is 4.52. The minimum atomic E-state index is 0.442. The number of nitrogens with two attached hydrogens (primary N) is 1. The highest BCUT2D eigenvalue weighted by Gasteiger charge is 1.98. The van der Waals surface area contributed by atoms with E-state index in [1.54, 1.807) is 0 Å². The van der Waals surface area contributed by atoms with Gasteiger partial charge in [-0.2, -0.15) is 0 Å². The molecule has 0 aromatic rings. The van der Waals surface area contributed by atoms with Gasteiger partial charge in [0.15, 0.2) is 0 Å². The normalized spacial score (nSPS) is 14.9. The largest absolute Gasteiger partial charge is 0.393 e. The van der Waals surface area contributed by atoms with Gasteiger partial charge >= 0.3 is 0 Å². The van der Waals surface area contributed by atoms with E-state index in [-0.39, 0.29) is 0 Å². The number of thiocarbonyl (C=S) groups is 1. The number of hydrogen-bond donors (Lipinski definition) is 1. The fourth-order valence-corrected chi connectivity index (χ4v) is 1.48. The van der Waals surface area contributed by atoms with E-state index >= 15 is 0 Å². The fraction of sp³-hybridized carbons (Fsp3) is 0.571. The molecule has 0 aliphatic heterocycles. The number of rotatable bonds is 3. The van der Waals surface area contributed by atoms with Gasteiger partial charge in [0, 0.05) is 6.42 Å². The fourth-order valence-electron chi connectivity index (χ4n) is 0.768. The third-order valence-corrected chi connectivity index (χ3v) is 1.47. The number of halogens is 1. The molecule has 0 aliphatic carbocycles. The maximum absolute atomic E-state index is 5.36. The van der Waals surface area contributed by atoms with Crippen molar-refractivity contribution >= 4 is 33.1 Å². The molecule has 3 heteroatoms. The van der Waals surface area contributed by atoms with Crippen LogP contribution in [0.1, 0.15) is 20.3 Å². The van der Waals surface area contributed by atoms with Crippen LogP contribution >= 0.6 is 28.1 Å². The summed E-state index contributed by atoms with van der Waals surface area (Å²) in [7, 11) is 0. The third-order valence-electron chi connectivity index (χ3n) is 1.04. The Balaban J connectivity index is 3.75. The molecule has 0 fully saturated rings. The van der Waals surface area contributed by atoms with Crippen LogP contribution in [0.5, 0.6) is 0 Å². The van der Waals surface area contributed by atoms with E-state index in [2.05, 4.69) is 28.9 Å². The lowest BCUT2D eigenvalue weighted by atomic mass is 10.1. The van der Waals surface area contributed by atoms with E-state index in [9.17, 15) is 0 Å². The van der Waals surface area contributed by atoms with E-state index in [0.717, 1.165) is 10.9 Å². The summed E-state index contributed by atoms with van der Waals surface area (Å²) in [6.45, 7) is 4.08. The zero-order valence-corrected chi connectivity index (χ0v) is 8.63. The Morgan fingerprint density at radius 1 is 1.80 bits per heavy atom. The van der Waals surface area contributed by atoms with E-state index in [1.165, 1.54) is 0 Å². The van der Waals surface area contributed by atoms with Crippen LogP contribution in [0.15, 0.2) is 10.6 Å². The van der Waals surface area contributed by atoms with Crippen molar-refractivity contribution in [2.45, 2.75) is 20.3 Å². The molecule has 0 rings (SSSR count). The zero-order chi connectivity index (χ0) is 8.15. The summed E-state index contributed by atoms with van der Waals surface area (Å²) >= 11 is 8.10. The van der Waals surface area contributed by atoms with Gasteiger partial charge in [-0.1, -0.05) is 41.1 Å². The lowest BCUT2D eigenvalue weighted by molar-refractivity contribution is 0.768. The molecule has 0 aromatic heterocycles. The summed E-state index contributed by atoms with van der Waals surface area (Å²) in [5, 5.41) is 0. The molecule has 2 N–H and O–H groups in total. The van der Waals surface area contributed by atoms with Gasteiger partial charge in [0.25, 0.3) is 0 Å². The van der Waals surface area contributed by atoms with Crippen molar-refractivity contribution in [3.8, 4) is 0 Å². The van der Waals surface area contributed by atoms with E-state index in [1.807, 2.05) is 6.92 Å². The summed E-state index contributed by atoms with van der Waals surface area (Å²) in [5.41, 5.74) is 5.36. The first kappa shape index (κ1) is 10.1.